The molecule has 3 rings (SSSR count). The SMILES string of the molecule is COc1ccc(S(=O)(=O)Nc2ccc(N3CCCCC3)cc2)c(Cl)c1Cl. The number of hydrogen-bond acceptors (Lipinski definition) is 4. The Labute approximate surface area is 163 Å². The summed E-state index contributed by atoms with van der Waals surface area (Å²) in [6, 6.07) is 10.2. The molecular weight excluding hydrogens is 395 g/mol. The average Bonchev–Trinajstić information content (AvgIpc) is 2.65. The fourth-order valence-electron chi connectivity index (χ4n) is 2.98. The minimum absolute atomic E-state index is 0.0662. The highest BCUT2D eigenvalue weighted by Crippen LogP contribution is 2.37. The number of benzene rings is 2. The molecule has 1 aliphatic rings. The molecule has 140 valence electrons. The summed E-state index contributed by atoms with van der Waals surface area (Å²) < 4.78 is 32.9. The normalized spacial score (nSPS) is 15.0. The number of nitrogens with zero attached hydrogens (tertiary/aromatic N) is 1. The van der Waals surface area contributed by atoms with Crippen LogP contribution in [0, 0.1) is 0 Å². The maximum atomic E-state index is 12.7. The second-order valence-corrected chi connectivity index (χ2v) is 8.50. The zero-order valence-corrected chi connectivity index (χ0v) is 16.7. The van der Waals surface area contributed by atoms with E-state index in [0.717, 1.165) is 18.8 Å². The van der Waals surface area contributed by atoms with E-state index in [4.69, 9.17) is 27.9 Å². The standard InChI is InChI=1S/C18H20Cl2N2O3S/c1-25-15-9-10-16(18(20)17(15)19)26(23,24)21-13-5-7-14(8-6-13)22-11-3-2-4-12-22/h5-10,21H,2-4,11-12H2,1H3. The van der Waals surface area contributed by atoms with Crippen molar-refractivity contribution in [1.29, 1.82) is 0 Å². The Morgan fingerprint density at radius 2 is 1.62 bits per heavy atom. The van der Waals surface area contributed by atoms with Crippen LogP contribution < -0.4 is 14.4 Å². The summed E-state index contributed by atoms with van der Waals surface area (Å²) in [6.45, 7) is 2.07. The Kier molecular flexibility index (Phi) is 5.85. The number of halogens is 2. The van der Waals surface area contributed by atoms with E-state index < -0.39 is 10.0 Å². The molecule has 26 heavy (non-hydrogen) atoms. The molecule has 0 aromatic heterocycles. The van der Waals surface area contributed by atoms with Crippen LogP contribution in [0.15, 0.2) is 41.3 Å². The number of piperidine rings is 1. The van der Waals surface area contributed by atoms with Crippen LogP contribution in [0.5, 0.6) is 5.75 Å². The number of methoxy groups -OCH3 is 1. The minimum atomic E-state index is -3.86. The molecule has 1 saturated heterocycles. The monoisotopic (exact) mass is 414 g/mol. The number of nitrogens with one attached hydrogen (secondary N) is 1. The van der Waals surface area contributed by atoms with E-state index in [9.17, 15) is 8.42 Å². The number of rotatable bonds is 5. The third-order valence-corrected chi connectivity index (χ3v) is 6.76. The van der Waals surface area contributed by atoms with Crippen LogP contribution in [-0.4, -0.2) is 28.6 Å². The predicted molar refractivity (Wildman–Crippen MR) is 106 cm³/mol. The smallest absolute Gasteiger partial charge is 0.263 e. The van der Waals surface area contributed by atoms with Crippen molar-refractivity contribution in [3.8, 4) is 5.75 Å². The summed E-state index contributed by atoms with van der Waals surface area (Å²) in [5, 5.41) is 0.000872. The molecule has 0 saturated carbocycles. The largest absolute Gasteiger partial charge is 0.495 e. The first-order valence-corrected chi connectivity index (χ1v) is 10.6. The van der Waals surface area contributed by atoms with Crippen LogP contribution >= 0.6 is 23.2 Å². The molecule has 1 heterocycles. The van der Waals surface area contributed by atoms with Gasteiger partial charge < -0.3 is 9.64 Å². The van der Waals surface area contributed by atoms with Gasteiger partial charge >= 0.3 is 0 Å². The summed E-state index contributed by atoms with van der Waals surface area (Å²) in [5.41, 5.74) is 1.56. The maximum Gasteiger partial charge on any atom is 0.263 e. The third-order valence-electron chi connectivity index (χ3n) is 4.36. The third kappa shape index (κ3) is 4.03. The number of hydrogen-bond donors (Lipinski definition) is 1. The molecule has 2 aromatic carbocycles. The summed E-state index contributed by atoms with van der Waals surface area (Å²) in [5.74, 6) is 0.321. The van der Waals surface area contributed by atoms with Gasteiger partial charge in [-0.05, 0) is 55.7 Å². The van der Waals surface area contributed by atoms with Gasteiger partial charge in [-0.1, -0.05) is 23.2 Å². The molecule has 5 nitrogen and oxygen atoms in total. The lowest BCUT2D eigenvalue weighted by Gasteiger charge is -2.28. The van der Waals surface area contributed by atoms with E-state index in [1.165, 1.54) is 38.5 Å². The zero-order chi connectivity index (χ0) is 18.7. The van der Waals surface area contributed by atoms with Gasteiger partial charge in [-0.25, -0.2) is 8.42 Å². The molecule has 1 aliphatic heterocycles. The highest BCUT2D eigenvalue weighted by atomic mass is 35.5. The number of anilines is 2. The van der Waals surface area contributed by atoms with Crippen molar-refractivity contribution in [2.24, 2.45) is 0 Å². The summed E-state index contributed by atoms with van der Waals surface area (Å²) >= 11 is 12.2. The highest BCUT2D eigenvalue weighted by Gasteiger charge is 2.22. The first kappa shape index (κ1) is 19.1. The quantitative estimate of drug-likeness (QED) is 0.763. The Morgan fingerprint density at radius 3 is 2.23 bits per heavy atom. The molecule has 0 amide bonds. The molecule has 0 radical (unpaired) electrons. The van der Waals surface area contributed by atoms with Gasteiger partial charge in [0.05, 0.1) is 12.1 Å². The highest BCUT2D eigenvalue weighted by molar-refractivity contribution is 7.92. The summed E-state index contributed by atoms with van der Waals surface area (Å²) in [6.07, 6.45) is 3.63. The topological polar surface area (TPSA) is 58.6 Å². The van der Waals surface area contributed by atoms with Crippen LogP contribution in [0.25, 0.3) is 0 Å². The molecule has 0 spiro atoms. The van der Waals surface area contributed by atoms with E-state index >= 15 is 0 Å². The first-order valence-electron chi connectivity index (χ1n) is 8.32. The minimum Gasteiger partial charge on any atom is -0.495 e. The summed E-state index contributed by atoms with van der Waals surface area (Å²) in [4.78, 5) is 2.21. The van der Waals surface area contributed by atoms with E-state index in [0.29, 0.717) is 11.4 Å². The van der Waals surface area contributed by atoms with Crippen LogP contribution in [0.1, 0.15) is 19.3 Å². The van der Waals surface area contributed by atoms with Gasteiger partial charge in [0.15, 0.2) is 0 Å². The van der Waals surface area contributed by atoms with Crippen molar-refractivity contribution in [2.75, 3.05) is 29.8 Å². The van der Waals surface area contributed by atoms with Gasteiger partial charge in [-0.2, -0.15) is 0 Å². The van der Waals surface area contributed by atoms with Gasteiger partial charge in [-0.15, -0.1) is 0 Å². The Hall–Kier alpha value is -1.63. The Balaban J connectivity index is 1.80. The van der Waals surface area contributed by atoms with Crippen LogP contribution in [-0.2, 0) is 10.0 Å². The van der Waals surface area contributed by atoms with Gasteiger partial charge in [0.2, 0.25) is 0 Å². The second kappa shape index (κ2) is 7.94. The van der Waals surface area contributed by atoms with Gasteiger partial charge in [-0.3, -0.25) is 4.72 Å². The maximum absolute atomic E-state index is 12.7. The molecule has 0 atom stereocenters. The van der Waals surface area contributed by atoms with Crippen molar-refractivity contribution < 1.29 is 13.2 Å². The van der Waals surface area contributed by atoms with Crippen molar-refractivity contribution in [1.82, 2.24) is 0 Å². The lowest BCUT2D eigenvalue weighted by Crippen LogP contribution is -2.29. The molecule has 8 heteroatoms. The van der Waals surface area contributed by atoms with Crippen LogP contribution in [0.2, 0.25) is 10.0 Å². The lowest BCUT2D eigenvalue weighted by atomic mass is 10.1. The number of ether oxygens (including phenoxy) is 1. The van der Waals surface area contributed by atoms with Crippen LogP contribution in [0.3, 0.4) is 0 Å². The van der Waals surface area contributed by atoms with Crippen molar-refractivity contribution in [2.45, 2.75) is 24.2 Å². The predicted octanol–water partition coefficient (Wildman–Crippen LogP) is 4.79. The van der Waals surface area contributed by atoms with Crippen molar-refractivity contribution in [3.05, 3.63) is 46.4 Å². The van der Waals surface area contributed by atoms with Gasteiger partial charge in [0.25, 0.3) is 10.0 Å². The summed E-state index contributed by atoms with van der Waals surface area (Å²) in [7, 11) is -2.43. The van der Waals surface area contributed by atoms with Gasteiger partial charge in [0, 0.05) is 24.5 Å². The average molecular weight is 415 g/mol. The van der Waals surface area contributed by atoms with E-state index in [2.05, 4.69) is 9.62 Å². The lowest BCUT2D eigenvalue weighted by molar-refractivity contribution is 0.414. The molecule has 0 bridgehead atoms. The molecule has 0 aliphatic carbocycles. The molecule has 0 unspecified atom stereocenters. The van der Waals surface area contributed by atoms with Gasteiger partial charge in [0.1, 0.15) is 15.7 Å². The molecular formula is C18H20Cl2N2O3S. The molecule has 1 fully saturated rings. The fourth-order valence-corrected chi connectivity index (χ4v) is 4.88. The fraction of sp³-hybridized carbons (Fsp3) is 0.333. The Bertz CT molecular complexity index is 880. The van der Waals surface area contributed by atoms with E-state index in [-0.39, 0.29) is 14.9 Å². The molecule has 2 aromatic rings. The van der Waals surface area contributed by atoms with E-state index in [1.807, 2.05) is 12.1 Å². The second-order valence-electron chi connectivity index (χ2n) is 6.09. The Morgan fingerprint density at radius 1 is 0.962 bits per heavy atom. The first-order chi connectivity index (χ1) is 12.4. The van der Waals surface area contributed by atoms with Crippen LogP contribution in [0.4, 0.5) is 11.4 Å². The van der Waals surface area contributed by atoms with Crippen molar-refractivity contribution >= 4 is 44.6 Å². The zero-order valence-electron chi connectivity index (χ0n) is 14.3. The molecule has 1 N–H and O–H groups in total. The van der Waals surface area contributed by atoms with E-state index in [1.54, 1.807) is 12.1 Å². The number of sulfonamides is 1. The van der Waals surface area contributed by atoms with Crippen molar-refractivity contribution in [3.63, 3.8) is 0 Å².